The van der Waals surface area contributed by atoms with Gasteiger partial charge in [0.15, 0.2) is 0 Å². The zero-order chi connectivity index (χ0) is 13.9. The molecule has 3 aromatic rings. The first kappa shape index (κ1) is 13.3. The van der Waals surface area contributed by atoms with Crippen molar-refractivity contribution < 1.29 is 0 Å². The van der Waals surface area contributed by atoms with Crippen LogP contribution < -0.4 is 5.32 Å². The highest BCUT2D eigenvalue weighted by Crippen LogP contribution is 2.21. The van der Waals surface area contributed by atoms with E-state index in [0.717, 1.165) is 6.54 Å². The lowest BCUT2D eigenvalue weighted by molar-refractivity contribution is 0.579. The maximum Gasteiger partial charge on any atom is 0.0305 e. The molecule has 2 heteroatoms. The molecule has 0 unspecified atom stereocenters. The van der Waals surface area contributed by atoms with Crippen LogP contribution in [-0.4, -0.2) is 0 Å². The average Bonchev–Trinajstić information content (AvgIpc) is 2.90. The fourth-order valence-electron chi connectivity index (χ4n) is 2.43. The van der Waals surface area contributed by atoms with Crippen LogP contribution in [0.4, 0.5) is 0 Å². The van der Waals surface area contributed by atoms with Crippen LogP contribution >= 0.6 is 11.3 Å². The van der Waals surface area contributed by atoms with Gasteiger partial charge in [-0.15, -0.1) is 11.3 Å². The van der Waals surface area contributed by atoms with E-state index in [4.69, 9.17) is 0 Å². The fourth-order valence-corrected chi connectivity index (χ4v) is 3.27. The van der Waals surface area contributed by atoms with E-state index in [1.807, 2.05) is 11.3 Å². The Balaban J connectivity index is 1.73. The quantitative estimate of drug-likeness (QED) is 0.704. The van der Waals surface area contributed by atoms with Crippen LogP contribution in [0.1, 0.15) is 28.3 Å². The van der Waals surface area contributed by atoms with Crippen molar-refractivity contribution in [1.82, 2.24) is 5.32 Å². The van der Waals surface area contributed by atoms with Gasteiger partial charge in [-0.2, -0.15) is 0 Å². The molecule has 1 heterocycles. The first-order valence-corrected chi connectivity index (χ1v) is 7.81. The van der Waals surface area contributed by atoms with Crippen LogP contribution in [0.2, 0.25) is 0 Å². The predicted molar refractivity (Wildman–Crippen MR) is 88.3 cm³/mol. The topological polar surface area (TPSA) is 12.0 Å². The molecule has 0 bridgehead atoms. The van der Waals surface area contributed by atoms with Crippen LogP contribution in [-0.2, 0) is 6.54 Å². The molecule has 102 valence electrons. The molecule has 20 heavy (non-hydrogen) atoms. The maximum absolute atomic E-state index is 3.60. The number of hydrogen-bond acceptors (Lipinski definition) is 2. The van der Waals surface area contributed by atoms with Crippen molar-refractivity contribution >= 4 is 22.1 Å². The normalized spacial score (nSPS) is 12.7. The number of rotatable bonds is 4. The molecule has 0 amide bonds. The molecular weight excluding hydrogens is 262 g/mol. The Labute approximate surface area is 124 Å². The Morgan fingerprint density at radius 2 is 1.80 bits per heavy atom. The molecule has 1 aromatic heterocycles. The monoisotopic (exact) mass is 281 g/mol. The number of hydrogen-bond donors (Lipinski definition) is 1. The van der Waals surface area contributed by atoms with Gasteiger partial charge < -0.3 is 5.32 Å². The summed E-state index contributed by atoms with van der Waals surface area (Å²) in [6.07, 6.45) is 0. The van der Waals surface area contributed by atoms with Gasteiger partial charge in [0.25, 0.3) is 0 Å². The van der Waals surface area contributed by atoms with Gasteiger partial charge in [0.05, 0.1) is 0 Å². The Morgan fingerprint density at radius 1 is 1.00 bits per heavy atom. The lowest BCUT2D eigenvalue weighted by Crippen LogP contribution is -2.17. The van der Waals surface area contributed by atoms with E-state index in [1.165, 1.54) is 26.1 Å². The Morgan fingerprint density at radius 3 is 2.55 bits per heavy atom. The molecule has 0 aliphatic rings. The molecule has 1 N–H and O–H groups in total. The van der Waals surface area contributed by atoms with Gasteiger partial charge in [0, 0.05) is 22.3 Å². The minimum atomic E-state index is 0.363. The fraction of sp³-hybridized carbons (Fsp3) is 0.222. The summed E-state index contributed by atoms with van der Waals surface area (Å²) in [5, 5.41) is 6.22. The number of thiophene rings is 1. The summed E-state index contributed by atoms with van der Waals surface area (Å²) in [4.78, 5) is 2.77. The van der Waals surface area contributed by atoms with E-state index in [1.54, 1.807) is 0 Å². The van der Waals surface area contributed by atoms with E-state index in [0.29, 0.717) is 6.04 Å². The minimum absolute atomic E-state index is 0.363. The molecule has 0 aliphatic heterocycles. The van der Waals surface area contributed by atoms with E-state index in [2.05, 4.69) is 73.8 Å². The molecule has 0 aliphatic carbocycles. The highest BCUT2D eigenvalue weighted by molar-refractivity contribution is 7.11. The molecule has 0 saturated heterocycles. The van der Waals surface area contributed by atoms with Crippen molar-refractivity contribution in [2.45, 2.75) is 26.4 Å². The molecular formula is C18H19NS. The van der Waals surface area contributed by atoms with Crippen LogP contribution in [0.25, 0.3) is 10.8 Å². The van der Waals surface area contributed by atoms with E-state index >= 15 is 0 Å². The molecule has 0 radical (unpaired) electrons. The second-order valence-electron chi connectivity index (χ2n) is 5.22. The summed E-state index contributed by atoms with van der Waals surface area (Å²) in [6.45, 7) is 5.32. The number of fused-ring (bicyclic) bond motifs is 1. The van der Waals surface area contributed by atoms with E-state index in [9.17, 15) is 0 Å². The number of aryl methyl sites for hydroxylation is 1. The van der Waals surface area contributed by atoms with Crippen LogP contribution in [0.15, 0.2) is 54.6 Å². The Kier molecular flexibility index (Phi) is 3.86. The van der Waals surface area contributed by atoms with E-state index in [-0.39, 0.29) is 0 Å². The lowest BCUT2D eigenvalue weighted by Gasteiger charge is -2.14. The van der Waals surface area contributed by atoms with Crippen molar-refractivity contribution in [1.29, 1.82) is 0 Å². The minimum Gasteiger partial charge on any atom is -0.305 e. The molecule has 3 rings (SSSR count). The SMILES string of the molecule is Cc1ccc(CN[C@H](C)c2ccc3ccccc3c2)s1. The highest BCUT2D eigenvalue weighted by atomic mass is 32.1. The summed E-state index contributed by atoms with van der Waals surface area (Å²) < 4.78 is 0. The summed E-state index contributed by atoms with van der Waals surface area (Å²) in [7, 11) is 0. The first-order chi connectivity index (χ1) is 9.72. The van der Waals surface area contributed by atoms with Crippen LogP contribution in [0.5, 0.6) is 0 Å². The summed E-state index contributed by atoms with van der Waals surface area (Å²) in [6, 6.07) is 20.0. The van der Waals surface area contributed by atoms with Crippen molar-refractivity contribution in [2.24, 2.45) is 0 Å². The van der Waals surface area contributed by atoms with E-state index < -0.39 is 0 Å². The molecule has 0 spiro atoms. The average molecular weight is 281 g/mol. The molecule has 0 fully saturated rings. The van der Waals surface area contributed by atoms with Gasteiger partial charge in [-0.25, -0.2) is 0 Å². The van der Waals surface area contributed by atoms with Gasteiger partial charge in [-0.3, -0.25) is 0 Å². The molecule has 1 atom stereocenters. The predicted octanol–water partition coefficient (Wildman–Crippen LogP) is 5.06. The number of benzene rings is 2. The van der Waals surface area contributed by atoms with Gasteiger partial charge in [0.2, 0.25) is 0 Å². The van der Waals surface area contributed by atoms with Crippen molar-refractivity contribution in [3.8, 4) is 0 Å². The summed E-state index contributed by atoms with van der Waals surface area (Å²) in [5.74, 6) is 0. The third-order valence-electron chi connectivity index (χ3n) is 3.65. The summed E-state index contributed by atoms with van der Waals surface area (Å²) in [5.41, 5.74) is 1.34. The van der Waals surface area contributed by atoms with Gasteiger partial charge >= 0.3 is 0 Å². The zero-order valence-electron chi connectivity index (χ0n) is 11.9. The summed E-state index contributed by atoms with van der Waals surface area (Å²) >= 11 is 1.86. The maximum atomic E-state index is 3.60. The third kappa shape index (κ3) is 2.92. The smallest absolute Gasteiger partial charge is 0.0305 e. The van der Waals surface area contributed by atoms with Gasteiger partial charge in [0.1, 0.15) is 0 Å². The van der Waals surface area contributed by atoms with Crippen molar-refractivity contribution in [3.63, 3.8) is 0 Å². The Hall–Kier alpha value is -1.64. The first-order valence-electron chi connectivity index (χ1n) is 7.00. The van der Waals surface area contributed by atoms with Crippen molar-refractivity contribution in [3.05, 3.63) is 69.9 Å². The molecule has 0 saturated carbocycles. The Bertz CT molecular complexity index is 714. The molecule has 1 nitrogen and oxygen atoms in total. The third-order valence-corrected chi connectivity index (χ3v) is 4.65. The van der Waals surface area contributed by atoms with Crippen molar-refractivity contribution in [2.75, 3.05) is 0 Å². The lowest BCUT2D eigenvalue weighted by atomic mass is 10.0. The second-order valence-corrected chi connectivity index (χ2v) is 6.59. The second kappa shape index (κ2) is 5.78. The largest absolute Gasteiger partial charge is 0.305 e. The van der Waals surface area contributed by atoms with Crippen LogP contribution in [0.3, 0.4) is 0 Å². The number of nitrogens with one attached hydrogen (secondary N) is 1. The highest BCUT2D eigenvalue weighted by Gasteiger charge is 2.06. The van der Waals surface area contributed by atoms with Gasteiger partial charge in [-0.05, 0) is 48.4 Å². The zero-order valence-corrected chi connectivity index (χ0v) is 12.7. The van der Waals surface area contributed by atoms with Crippen LogP contribution in [0, 0.1) is 6.92 Å². The standard InChI is InChI=1S/C18H19NS/c1-13-7-10-18(20-13)12-19-14(2)16-9-8-15-5-3-4-6-17(15)11-16/h3-11,14,19H,12H2,1-2H3/t14-/m1/s1. The van der Waals surface area contributed by atoms with Gasteiger partial charge in [-0.1, -0.05) is 36.4 Å². The molecule has 2 aromatic carbocycles.